The Morgan fingerprint density at radius 2 is 2.19 bits per heavy atom. The summed E-state index contributed by atoms with van der Waals surface area (Å²) in [6.07, 6.45) is 3.31. The molecule has 1 aliphatic rings. The average molecular weight is 217 g/mol. The molecule has 0 saturated heterocycles. The van der Waals surface area contributed by atoms with Gasteiger partial charge in [-0.1, -0.05) is 31.5 Å². The second-order valence-corrected chi connectivity index (χ2v) is 4.54. The Morgan fingerprint density at radius 3 is 2.88 bits per heavy atom. The first-order chi connectivity index (χ1) is 7.70. The van der Waals surface area contributed by atoms with Gasteiger partial charge in [-0.3, -0.25) is 4.79 Å². The molecule has 2 heteroatoms. The molecule has 86 valence electrons. The van der Waals surface area contributed by atoms with E-state index in [4.69, 9.17) is 0 Å². The van der Waals surface area contributed by atoms with Gasteiger partial charge in [0.2, 0.25) is 5.91 Å². The summed E-state index contributed by atoms with van der Waals surface area (Å²) in [7, 11) is 0. The van der Waals surface area contributed by atoms with Crippen LogP contribution in [0.15, 0.2) is 18.2 Å². The van der Waals surface area contributed by atoms with Crippen LogP contribution in [-0.4, -0.2) is 17.4 Å². The van der Waals surface area contributed by atoms with Crippen LogP contribution in [0.3, 0.4) is 0 Å². The van der Waals surface area contributed by atoms with Crippen molar-refractivity contribution >= 4 is 5.91 Å². The molecule has 1 aromatic rings. The Kier molecular flexibility index (Phi) is 3.28. The molecule has 0 radical (unpaired) electrons. The van der Waals surface area contributed by atoms with Crippen molar-refractivity contribution in [3.63, 3.8) is 0 Å². The van der Waals surface area contributed by atoms with E-state index in [2.05, 4.69) is 25.1 Å². The first kappa shape index (κ1) is 11.2. The third kappa shape index (κ3) is 2.26. The predicted octanol–water partition coefficient (Wildman–Crippen LogP) is 2.54. The molecule has 0 spiro atoms. The molecular formula is C14H19NO. The van der Waals surface area contributed by atoms with E-state index in [-0.39, 0.29) is 5.91 Å². The van der Waals surface area contributed by atoms with Crippen LogP contribution in [0.4, 0.5) is 0 Å². The smallest absolute Gasteiger partial charge is 0.219 e. The van der Waals surface area contributed by atoms with Crippen molar-refractivity contribution < 1.29 is 4.79 Å². The first-order valence-electron chi connectivity index (χ1n) is 6.07. The van der Waals surface area contributed by atoms with Gasteiger partial charge in [-0.25, -0.2) is 0 Å². The Morgan fingerprint density at radius 1 is 1.38 bits per heavy atom. The fourth-order valence-corrected chi connectivity index (χ4v) is 2.32. The van der Waals surface area contributed by atoms with E-state index < -0.39 is 0 Å². The third-order valence-corrected chi connectivity index (χ3v) is 3.27. The predicted molar refractivity (Wildman–Crippen MR) is 65.2 cm³/mol. The van der Waals surface area contributed by atoms with Gasteiger partial charge in [0.05, 0.1) is 0 Å². The molecular weight excluding hydrogens is 198 g/mol. The maximum atomic E-state index is 11.3. The van der Waals surface area contributed by atoms with Crippen LogP contribution in [-0.2, 0) is 24.2 Å². The van der Waals surface area contributed by atoms with Gasteiger partial charge < -0.3 is 4.90 Å². The van der Waals surface area contributed by atoms with Gasteiger partial charge in [0, 0.05) is 20.0 Å². The highest BCUT2D eigenvalue weighted by Gasteiger charge is 2.17. The molecule has 0 unspecified atom stereocenters. The molecule has 1 aliphatic heterocycles. The van der Waals surface area contributed by atoms with Crippen molar-refractivity contribution in [3.8, 4) is 0 Å². The summed E-state index contributed by atoms with van der Waals surface area (Å²) in [4.78, 5) is 13.3. The lowest BCUT2D eigenvalue weighted by molar-refractivity contribution is -0.129. The van der Waals surface area contributed by atoms with Gasteiger partial charge in [0.15, 0.2) is 0 Å². The number of hydrogen-bond acceptors (Lipinski definition) is 1. The molecule has 0 fully saturated rings. The van der Waals surface area contributed by atoms with Crippen molar-refractivity contribution in [1.82, 2.24) is 4.90 Å². The minimum Gasteiger partial charge on any atom is -0.338 e. The number of fused-ring (bicyclic) bond motifs is 1. The Hall–Kier alpha value is -1.31. The maximum absolute atomic E-state index is 11.3. The van der Waals surface area contributed by atoms with E-state index in [1.807, 2.05) is 4.90 Å². The molecule has 1 aromatic carbocycles. The summed E-state index contributed by atoms with van der Waals surface area (Å²) in [5.74, 6) is 0.187. The monoisotopic (exact) mass is 217 g/mol. The van der Waals surface area contributed by atoms with Crippen molar-refractivity contribution in [1.29, 1.82) is 0 Å². The summed E-state index contributed by atoms with van der Waals surface area (Å²) >= 11 is 0. The van der Waals surface area contributed by atoms with E-state index in [1.165, 1.54) is 23.1 Å². The van der Waals surface area contributed by atoms with Crippen LogP contribution < -0.4 is 0 Å². The van der Waals surface area contributed by atoms with Gasteiger partial charge in [-0.05, 0) is 29.5 Å². The van der Waals surface area contributed by atoms with Crippen LogP contribution in [0.5, 0.6) is 0 Å². The second kappa shape index (κ2) is 4.69. The normalized spacial score (nSPS) is 14.8. The van der Waals surface area contributed by atoms with Crippen LogP contribution in [0.2, 0.25) is 0 Å². The lowest BCUT2D eigenvalue weighted by atomic mass is 9.96. The number of carbonyl (C=O) groups excluding carboxylic acids is 1. The molecule has 1 heterocycles. The van der Waals surface area contributed by atoms with E-state index in [0.29, 0.717) is 0 Å². The number of amides is 1. The Bertz CT molecular complexity index is 398. The van der Waals surface area contributed by atoms with Crippen molar-refractivity contribution in [2.45, 2.75) is 39.7 Å². The van der Waals surface area contributed by atoms with Gasteiger partial charge in [0.25, 0.3) is 0 Å². The fraction of sp³-hybridized carbons (Fsp3) is 0.500. The summed E-state index contributed by atoms with van der Waals surface area (Å²) in [6, 6.07) is 6.73. The summed E-state index contributed by atoms with van der Waals surface area (Å²) in [5, 5.41) is 0. The number of nitrogens with zero attached hydrogens (tertiary/aromatic N) is 1. The average Bonchev–Trinajstić information content (AvgIpc) is 2.28. The molecule has 0 atom stereocenters. The zero-order chi connectivity index (χ0) is 11.5. The lowest BCUT2D eigenvalue weighted by Gasteiger charge is -2.28. The topological polar surface area (TPSA) is 20.3 Å². The lowest BCUT2D eigenvalue weighted by Crippen LogP contribution is -2.34. The minimum atomic E-state index is 0.187. The quantitative estimate of drug-likeness (QED) is 0.745. The number of rotatable bonds is 2. The summed E-state index contributed by atoms with van der Waals surface area (Å²) < 4.78 is 0. The Balaban J connectivity index is 2.21. The molecule has 2 nitrogen and oxygen atoms in total. The maximum Gasteiger partial charge on any atom is 0.219 e. The van der Waals surface area contributed by atoms with Crippen molar-refractivity contribution in [2.75, 3.05) is 6.54 Å². The molecule has 1 amide bonds. The van der Waals surface area contributed by atoms with Crippen LogP contribution in [0, 0.1) is 0 Å². The van der Waals surface area contributed by atoms with Crippen LogP contribution >= 0.6 is 0 Å². The zero-order valence-corrected chi connectivity index (χ0v) is 10.1. The summed E-state index contributed by atoms with van der Waals surface area (Å²) in [5.41, 5.74) is 4.15. The largest absolute Gasteiger partial charge is 0.338 e. The SMILES string of the molecule is CCCc1ccc2c(c1)CN(C(C)=O)CC2. The third-order valence-electron chi connectivity index (χ3n) is 3.27. The molecule has 0 N–H and O–H groups in total. The highest BCUT2D eigenvalue weighted by atomic mass is 16.2. The van der Waals surface area contributed by atoms with Crippen molar-refractivity contribution in [2.24, 2.45) is 0 Å². The number of benzene rings is 1. The molecule has 16 heavy (non-hydrogen) atoms. The highest BCUT2D eigenvalue weighted by Crippen LogP contribution is 2.21. The highest BCUT2D eigenvalue weighted by molar-refractivity contribution is 5.73. The van der Waals surface area contributed by atoms with Crippen LogP contribution in [0.25, 0.3) is 0 Å². The minimum absolute atomic E-state index is 0.187. The zero-order valence-electron chi connectivity index (χ0n) is 10.1. The Labute approximate surface area is 97.3 Å². The molecule has 0 aromatic heterocycles. The van der Waals surface area contributed by atoms with Crippen LogP contribution in [0.1, 0.15) is 37.0 Å². The molecule has 0 bridgehead atoms. The molecule has 2 rings (SSSR count). The fourth-order valence-electron chi connectivity index (χ4n) is 2.32. The number of carbonyl (C=O) groups is 1. The van der Waals surface area contributed by atoms with E-state index in [0.717, 1.165) is 25.9 Å². The van der Waals surface area contributed by atoms with Gasteiger partial charge >= 0.3 is 0 Å². The van der Waals surface area contributed by atoms with Gasteiger partial charge in [-0.2, -0.15) is 0 Å². The van der Waals surface area contributed by atoms with E-state index >= 15 is 0 Å². The van der Waals surface area contributed by atoms with Gasteiger partial charge in [-0.15, -0.1) is 0 Å². The van der Waals surface area contributed by atoms with E-state index in [1.54, 1.807) is 6.92 Å². The number of aryl methyl sites for hydroxylation is 1. The summed E-state index contributed by atoms with van der Waals surface area (Å²) in [6.45, 7) is 5.51. The number of hydrogen-bond donors (Lipinski definition) is 0. The van der Waals surface area contributed by atoms with Crippen molar-refractivity contribution in [3.05, 3.63) is 34.9 Å². The first-order valence-corrected chi connectivity index (χ1v) is 6.07. The van der Waals surface area contributed by atoms with Gasteiger partial charge in [0.1, 0.15) is 0 Å². The molecule has 0 aliphatic carbocycles. The second-order valence-electron chi connectivity index (χ2n) is 4.54. The molecule has 0 saturated carbocycles. The standard InChI is InChI=1S/C14H19NO/c1-3-4-12-5-6-13-7-8-15(11(2)16)10-14(13)9-12/h5-6,9H,3-4,7-8,10H2,1-2H3. The van der Waals surface area contributed by atoms with E-state index in [9.17, 15) is 4.79 Å².